The Morgan fingerprint density at radius 3 is 2.25 bits per heavy atom. The lowest BCUT2D eigenvalue weighted by Crippen LogP contribution is -2.43. The second kappa shape index (κ2) is 8.65. The van der Waals surface area contributed by atoms with Crippen molar-refractivity contribution in [2.24, 2.45) is 0 Å². The molecule has 0 heterocycles. The number of amides is 2. The average Bonchev–Trinajstić information content (AvgIpc) is 2.52. The molecule has 8 heteroatoms. The summed E-state index contributed by atoms with van der Waals surface area (Å²) < 4.78 is 41.5. The van der Waals surface area contributed by atoms with Crippen LogP contribution in [0.4, 0.5) is 13.2 Å². The zero-order valence-electron chi connectivity index (χ0n) is 15.6. The normalized spacial score (nSPS) is 12.4. The van der Waals surface area contributed by atoms with E-state index in [1.165, 1.54) is 25.1 Å². The molecule has 2 aromatic rings. The van der Waals surface area contributed by atoms with Crippen LogP contribution >= 0.6 is 11.6 Å². The van der Waals surface area contributed by atoms with E-state index >= 15 is 0 Å². The lowest BCUT2D eigenvalue weighted by molar-refractivity contribution is -0.124. The minimum absolute atomic E-state index is 0.129. The highest BCUT2D eigenvalue weighted by Gasteiger charge is 2.29. The molecule has 150 valence electrons. The van der Waals surface area contributed by atoms with Crippen LogP contribution in [-0.2, 0) is 15.1 Å². The first kappa shape index (κ1) is 21.8. The Balaban J connectivity index is 2.25. The Labute approximate surface area is 166 Å². The third-order valence-electron chi connectivity index (χ3n) is 4.17. The molecule has 0 fully saturated rings. The lowest BCUT2D eigenvalue weighted by atomic mass is 9.93. The molecule has 0 bridgehead atoms. The number of hydrogen-bond acceptors (Lipinski definition) is 2. The highest BCUT2D eigenvalue weighted by atomic mass is 35.5. The maximum absolute atomic E-state index is 14.1. The maximum Gasteiger partial charge on any atom is 0.223 e. The summed E-state index contributed by atoms with van der Waals surface area (Å²) in [6.45, 7) is 4.49. The molecule has 0 aliphatic heterocycles. The molecule has 2 aromatic carbocycles. The van der Waals surface area contributed by atoms with Crippen LogP contribution in [0.15, 0.2) is 36.4 Å². The molecule has 0 saturated carbocycles. The molecule has 0 aliphatic rings. The first-order valence-electron chi connectivity index (χ1n) is 8.49. The number of nitrogens with one attached hydrogen (secondary N) is 2. The largest absolute Gasteiger partial charge is 0.349 e. The minimum Gasteiger partial charge on any atom is -0.349 e. The van der Waals surface area contributed by atoms with E-state index in [1.807, 2.05) is 0 Å². The van der Waals surface area contributed by atoms with Gasteiger partial charge in [0.2, 0.25) is 11.8 Å². The molecule has 4 nitrogen and oxygen atoms in total. The van der Waals surface area contributed by atoms with Crippen LogP contribution < -0.4 is 10.6 Å². The van der Waals surface area contributed by atoms with E-state index in [-0.39, 0.29) is 5.02 Å². The number of hydrogen-bond donors (Lipinski definition) is 2. The number of benzene rings is 2. The zero-order valence-corrected chi connectivity index (χ0v) is 16.3. The van der Waals surface area contributed by atoms with E-state index in [0.29, 0.717) is 5.56 Å². The summed E-state index contributed by atoms with van der Waals surface area (Å²) in [6, 6.07) is 5.88. The first-order valence-corrected chi connectivity index (χ1v) is 8.86. The third kappa shape index (κ3) is 5.25. The van der Waals surface area contributed by atoms with Crippen molar-refractivity contribution in [1.29, 1.82) is 0 Å². The van der Waals surface area contributed by atoms with Gasteiger partial charge in [-0.25, -0.2) is 13.2 Å². The smallest absolute Gasteiger partial charge is 0.223 e. The van der Waals surface area contributed by atoms with Gasteiger partial charge in [-0.05, 0) is 43.7 Å². The summed E-state index contributed by atoms with van der Waals surface area (Å²) >= 11 is 6.06. The van der Waals surface area contributed by atoms with Gasteiger partial charge in [-0.2, -0.15) is 0 Å². The van der Waals surface area contributed by atoms with Gasteiger partial charge in [-0.15, -0.1) is 0 Å². The molecular weight excluding hydrogens is 393 g/mol. The summed E-state index contributed by atoms with van der Waals surface area (Å²) in [5.41, 5.74) is -0.918. The molecule has 2 amide bonds. The summed E-state index contributed by atoms with van der Waals surface area (Å²) in [5, 5.41) is 5.23. The Hall–Kier alpha value is -2.54. The van der Waals surface area contributed by atoms with Gasteiger partial charge in [0.05, 0.1) is 18.0 Å². The second-order valence-electron chi connectivity index (χ2n) is 6.89. The van der Waals surface area contributed by atoms with Gasteiger partial charge in [0, 0.05) is 17.5 Å². The Morgan fingerprint density at radius 2 is 1.71 bits per heavy atom. The van der Waals surface area contributed by atoms with Crippen molar-refractivity contribution < 1.29 is 22.8 Å². The van der Waals surface area contributed by atoms with Crippen LogP contribution in [0, 0.1) is 17.5 Å². The van der Waals surface area contributed by atoms with Gasteiger partial charge >= 0.3 is 0 Å². The molecule has 0 spiro atoms. The van der Waals surface area contributed by atoms with Crippen LogP contribution in [-0.4, -0.2) is 11.8 Å². The molecule has 2 rings (SSSR count). The van der Waals surface area contributed by atoms with Crippen molar-refractivity contribution in [2.75, 3.05) is 0 Å². The van der Waals surface area contributed by atoms with Crippen molar-refractivity contribution in [1.82, 2.24) is 10.6 Å². The zero-order chi connectivity index (χ0) is 21.1. The molecule has 1 unspecified atom stereocenters. The van der Waals surface area contributed by atoms with Crippen LogP contribution in [0.3, 0.4) is 0 Å². The molecule has 0 saturated heterocycles. The first-order chi connectivity index (χ1) is 13.0. The Kier molecular flexibility index (Phi) is 6.72. The monoisotopic (exact) mass is 412 g/mol. The fourth-order valence-electron chi connectivity index (χ4n) is 2.96. The van der Waals surface area contributed by atoms with E-state index in [2.05, 4.69) is 10.6 Å². The minimum atomic E-state index is -1.20. The van der Waals surface area contributed by atoms with E-state index in [1.54, 1.807) is 13.8 Å². The lowest BCUT2D eigenvalue weighted by Gasteiger charge is -2.29. The van der Waals surface area contributed by atoms with E-state index < -0.39 is 52.8 Å². The fourth-order valence-corrected chi connectivity index (χ4v) is 3.37. The van der Waals surface area contributed by atoms with Crippen LogP contribution in [0.25, 0.3) is 0 Å². The van der Waals surface area contributed by atoms with Crippen LogP contribution in [0.2, 0.25) is 5.02 Å². The SMILES string of the molecule is CC(=O)NC(CC(=O)NC(C)(C)c1ccc(F)cc1Cl)c1c(F)cccc1F. The standard InChI is InChI=1S/C20H20ClF3N2O2/c1-11(27)25-17(19-15(23)5-4-6-16(19)24)10-18(28)26-20(2,3)13-8-7-12(22)9-14(13)21/h4-9,17H,10H2,1-3H3,(H,25,27)(H,26,28). The van der Waals surface area contributed by atoms with Gasteiger partial charge in [0.25, 0.3) is 0 Å². The fraction of sp³-hybridized carbons (Fsp3) is 0.300. The van der Waals surface area contributed by atoms with Crippen LogP contribution in [0.5, 0.6) is 0 Å². The van der Waals surface area contributed by atoms with Crippen molar-refractivity contribution >= 4 is 23.4 Å². The number of carbonyl (C=O) groups excluding carboxylic acids is 2. The van der Waals surface area contributed by atoms with Gasteiger partial charge in [-0.3, -0.25) is 9.59 Å². The van der Waals surface area contributed by atoms with Crippen LogP contribution in [0.1, 0.15) is 44.4 Å². The molecule has 0 aromatic heterocycles. The molecular formula is C20H20ClF3N2O2. The number of carbonyl (C=O) groups is 2. The van der Waals surface area contributed by atoms with Gasteiger partial charge in [-0.1, -0.05) is 23.7 Å². The molecule has 0 aliphatic carbocycles. The molecule has 2 N–H and O–H groups in total. The molecule has 1 atom stereocenters. The van der Waals surface area contributed by atoms with Gasteiger partial charge in [0.1, 0.15) is 17.5 Å². The average molecular weight is 413 g/mol. The van der Waals surface area contributed by atoms with E-state index in [0.717, 1.165) is 18.2 Å². The summed E-state index contributed by atoms with van der Waals surface area (Å²) in [4.78, 5) is 24.0. The van der Waals surface area contributed by atoms with Gasteiger partial charge < -0.3 is 10.6 Å². The van der Waals surface area contributed by atoms with Gasteiger partial charge in [0.15, 0.2) is 0 Å². The van der Waals surface area contributed by atoms with Crippen molar-refractivity contribution in [2.45, 2.75) is 38.8 Å². The number of halogens is 4. The quantitative estimate of drug-likeness (QED) is 0.740. The molecule has 0 radical (unpaired) electrons. The van der Waals surface area contributed by atoms with E-state index in [9.17, 15) is 22.8 Å². The number of rotatable bonds is 6. The van der Waals surface area contributed by atoms with E-state index in [4.69, 9.17) is 11.6 Å². The second-order valence-corrected chi connectivity index (χ2v) is 7.30. The summed E-state index contributed by atoms with van der Waals surface area (Å²) in [6.07, 6.45) is -0.403. The predicted octanol–water partition coefficient (Wildman–Crippen LogP) is 4.38. The van der Waals surface area contributed by atoms with Crippen molar-refractivity contribution in [3.63, 3.8) is 0 Å². The Morgan fingerprint density at radius 1 is 1.11 bits per heavy atom. The molecule has 28 heavy (non-hydrogen) atoms. The van der Waals surface area contributed by atoms with Crippen molar-refractivity contribution in [3.8, 4) is 0 Å². The third-order valence-corrected chi connectivity index (χ3v) is 4.48. The summed E-state index contributed by atoms with van der Waals surface area (Å²) in [7, 11) is 0. The van der Waals surface area contributed by atoms with Crippen molar-refractivity contribution in [3.05, 3.63) is 70.0 Å². The Bertz CT molecular complexity index is 883. The highest BCUT2D eigenvalue weighted by Crippen LogP contribution is 2.29. The highest BCUT2D eigenvalue weighted by molar-refractivity contribution is 6.31. The maximum atomic E-state index is 14.1. The predicted molar refractivity (Wildman–Crippen MR) is 100 cm³/mol. The summed E-state index contributed by atoms with van der Waals surface area (Å²) in [5.74, 6) is -3.37. The topological polar surface area (TPSA) is 58.2 Å².